The van der Waals surface area contributed by atoms with Crippen molar-refractivity contribution in [3.8, 4) is 5.75 Å². The number of carbonyl (C=O) groups is 1. The Morgan fingerprint density at radius 1 is 1.10 bits per heavy atom. The minimum Gasteiger partial charge on any atom is -0.495 e. The zero-order chi connectivity index (χ0) is 20.9. The summed E-state index contributed by atoms with van der Waals surface area (Å²) >= 11 is 0. The SMILES string of the molecule is CCOCc1ccc(CNC(=O)c2ccc(OC)c(S(=O)(=O)NC3CC3)c2)cc1. The number of nitrogens with one attached hydrogen (secondary N) is 2. The van der Waals surface area contributed by atoms with Gasteiger partial charge in [0.25, 0.3) is 5.91 Å². The summed E-state index contributed by atoms with van der Waals surface area (Å²) in [6.45, 7) is 3.50. The van der Waals surface area contributed by atoms with E-state index < -0.39 is 10.0 Å². The van der Waals surface area contributed by atoms with Crippen LogP contribution in [-0.4, -0.2) is 34.1 Å². The topological polar surface area (TPSA) is 93.7 Å². The first-order valence-electron chi connectivity index (χ1n) is 9.57. The minimum absolute atomic E-state index is 0.0279. The fourth-order valence-electron chi connectivity index (χ4n) is 2.77. The molecule has 0 heterocycles. The highest BCUT2D eigenvalue weighted by Crippen LogP contribution is 2.28. The van der Waals surface area contributed by atoms with Crippen LogP contribution < -0.4 is 14.8 Å². The first-order valence-corrected chi connectivity index (χ1v) is 11.1. The molecule has 8 heteroatoms. The van der Waals surface area contributed by atoms with Crippen molar-refractivity contribution >= 4 is 15.9 Å². The number of carbonyl (C=O) groups excluding carboxylic acids is 1. The Morgan fingerprint density at radius 2 is 1.79 bits per heavy atom. The monoisotopic (exact) mass is 418 g/mol. The van der Waals surface area contributed by atoms with E-state index >= 15 is 0 Å². The first kappa shape index (κ1) is 21.3. The lowest BCUT2D eigenvalue weighted by atomic mass is 10.1. The van der Waals surface area contributed by atoms with Crippen LogP contribution in [0.15, 0.2) is 47.4 Å². The summed E-state index contributed by atoms with van der Waals surface area (Å²) in [5.41, 5.74) is 2.26. The molecule has 0 aliphatic heterocycles. The summed E-state index contributed by atoms with van der Waals surface area (Å²) in [5.74, 6) is -0.145. The smallest absolute Gasteiger partial charge is 0.251 e. The molecule has 0 spiro atoms. The molecule has 2 N–H and O–H groups in total. The molecule has 0 saturated heterocycles. The molecule has 1 fully saturated rings. The molecule has 0 atom stereocenters. The molecule has 1 amide bonds. The van der Waals surface area contributed by atoms with Crippen molar-refractivity contribution in [1.29, 1.82) is 0 Å². The lowest BCUT2D eigenvalue weighted by Crippen LogP contribution is -2.27. The van der Waals surface area contributed by atoms with Gasteiger partial charge in [-0.3, -0.25) is 4.79 Å². The second-order valence-corrected chi connectivity index (χ2v) is 8.58. The van der Waals surface area contributed by atoms with E-state index in [1.54, 1.807) is 6.07 Å². The van der Waals surface area contributed by atoms with E-state index in [2.05, 4.69) is 10.0 Å². The molecule has 29 heavy (non-hydrogen) atoms. The van der Waals surface area contributed by atoms with Crippen LogP contribution in [0.3, 0.4) is 0 Å². The lowest BCUT2D eigenvalue weighted by Gasteiger charge is -2.12. The Kier molecular flexibility index (Phi) is 6.89. The molecular weight excluding hydrogens is 392 g/mol. The Balaban J connectivity index is 1.68. The summed E-state index contributed by atoms with van der Waals surface area (Å²) in [6.07, 6.45) is 1.65. The molecule has 156 valence electrons. The number of sulfonamides is 1. The van der Waals surface area contributed by atoms with Crippen molar-refractivity contribution in [1.82, 2.24) is 10.0 Å². The van der Waals surface area contributed by atoms with Crippen LogP contribution in [0.2, 0.25) is 0 Å². The Labute approximate surface area is 171 Å². The highest BCUT2D eigenvalue weighted by atomic mass is 32.2. The van der Waals surface area contributed by atoms with E-state index in [1.807, 2.05) is 31.2 Å². The highest BCUT2D eigenvalue weighted by Gasteiger charge is 2.30. The maximum atomic E-state index is 12.6. The average molecular weight is 419 g/mol. The number of methoxy groups -OCH3 is 1. The Morgan fingerprint density at radius 3 is 2.41 bits per heavy atom. The summed E-state index contributed by atoms with van der Waals surface area (Å²) in [4.78, 5) is 12.5. The van der Waals surface area contributed by atoms with E-state index in [0.29, 0.717) is 19.8 Å². The molecule has 0 unspecified atom stereocenters. The van der Waals surface area contributed by atoms with Crippen LogP contribution in [0.1, 0.15) is 41.3 Å². The fraction of sp³-hybridized carbons (Fsp3) is 0.381. The zero-order valence-electron chi connectivity index (χ0n) is 16.6. The van der Waals surface area contributed by atoms with Crippen LogP contribution in [0, 0.1) is 0 Å². The standard InChI is InChI=1S/C21H26N2O5S/c1-3-28-14-16-6-4-15(5-7-16)13-22-21(24)17-8-11-19(27-2)20(12-17)29(25,26)23-18-9-10-18/h4-8,11-12,18,23H,3,9-10,13-14H2,1-2H3,(H,22,24). The highest BCUT2D eigenvalue weighted by molar-refractivity contribution is 7.89. The predicted molar refractivity (Wildman–Crippen MR) is 109 cm³/mol. The largest absolute Gasteiger partial charge is 0.495 e. The van der Waals surface area contributed by atoms with Gasteiger partial charge in [0, 0.05) is 24.8 Å². The molecule has 0 aromatic heterocycles. The predicted octanol–water partition coefficient (Wildman–Crippen LogP) is 2.60. The molecule has 7 nitrogen and oxygen atoms in total. The van der Waals surface area contributed by atoms with Crippen LogP contribution >= 0.6 is 0 Å². The van der Waals surface area contributed by atoms with Gasteiger partial charge < -0.3 is 14.8 Å². The number of amides is 1. The summed E-state index contributed by atoms with van der Waals surface area (Å²) in [6, 6.07) is 12.1. The third kappa shape index (κ3) is 5.79. The molecular formula is C21H26N2O5S. The quantitative estimate of drug-likeness (QED) is 0.619. The normalized spacial score (nSPS) is 13.9. The van der Waals surface area contributed by atoms with Crippen LogP contribution in [0.5, 0.6) is 5.75 Å². The van der Waals surface area contributed by atoms with Gasteiger partial charge in [-0.25, -0.2) is 13.1 Å². The van der Waals surface area contributed by atoms with Crippen LogP contribution in [0.25, 0.3) is 0 Å². The first-order chi connectivity index (χ1) is 13.9. The Hall–Kier alpha value is -2.42. The van der Waals surface area contributed by atoms with Crippen molar-refractivity contribution < 1.29 is 22.7 Å². The van der Waals surface area contributed by atoms with Gasteiger partial charge in [0.1, 0.15) is 10.6 Å². The van der Waals surface area contributed by atoms with Crippen molar-refractivity contribution in [2.45, 2.75) is 43.9 Å². The van der Waals surface area contributed by atoms with Gasteiger partial charge in [0.05, 0.1) is 13.7 Å². The zero-order valence-corrected chi connectivity index (χ0v) is 17.4. The van der Waals surface area contributed by atoms with E-state index in [-0.39, 0.29) is 28.2 Å². The summed E-state index contributed by atoms with van der Waals surface area (Å²) in [7, 11) is -2.34. The van der Waals surface area contributed by atoms with Gasteiger partial charge >= 0.3 is 0 Å². The molecule has 1 aliphatic carbocycles. The Bertz CT molecular complexity index is 954. The third-order valence-corrected chi connectivity index (χ3v) is 6.11. The minimum atomic E-state index is -3.74. The van der Waals surface area contributed by atoms with Gasteiger partial charge in [0.15, 0.2) is 0 Å². The van der Waals surface area contributed by atoms with E-state index in [4.69, 9.17) is 9.47 Å². The molecule has 0 bridgehead atoms. The van der Waals surface area contributed by atoms with E-state index in [0.717, 1.165) is 24.0 Å². The maximum absolute atomic E-state index is 12.6. The maximum Gasteiger partial charge on any atom is 0.251 e. The van der Waals surface area contributed by atoms with Gasteiger partial charge in [0.2, 0.25) is 10.0 Å². The molecule has 2 aromatic carbocycles. The molecule has 1 aliphatic rings. The van der Waals surface area contributed by atoms with Crippen molar-refractivity contribution in [2.24, 2.45) is 0 Å². The van der Waals surface area contributed by atoms with Gasteiger partial charge in [-0.15, -0.1) is 0 Å². The van der Waals surface area contributed by atoms with Crippen molar-refractivity contribution in [3.63, 3.8) is 0 Å². The van der Waals surface area contributed by atoms with Crippen LogP contribution in [0.4, 0.5) is 0 Å². The third-order valence-electron chi connectivity index (χ3n) is 4.56. The number of hydrogen-bond donors (Lipinski definition) is 2. The number of hydrogen-bond acceptors (Lipinski definition) is 5. The van der Waals surface area contributed by atoms with Crippen molar-refractivity contribution in [2.75, 3.05) is 13.7 Å². The molecule has 2 aromatic rings. The molecule has 0 radical (unpaired) electrons. The fourth-order valence-corrected chi connectivity index (χ4v) is 4.27. The number of benzene rings is 2. The van der Waals surface area contributed by atoms with E-state index in [9.17, 15) is 13.2 Å². The van der Waals surface area contributed by atoms with Crippen molar-refractivity contribution in [3.05, 3.63) is 59.2 Å². The number of ether oxygens (including phenoxy) is 2. The second-order valence-electron chi connectivity index (χ2n) is 6.90. The molecule has 3 rings (SSSR count). The lowest BCUT2D eigenvalue weighted by molar-refractivity contribution is 0.0950. The second kappa shape index (κ2) is 9.39. The average Bonchev–Trinajstić information content (AvgIpc) is 3.54. The molecule has 1 saturated carbocycles. The van der Waals surface area contributed by atoms with Gasteiger partial charge in [-0.05, 0) is 49.1 Å². The van der Waals surface area contributed by atoms with Gasteiger partial charge in [-0.1, -0.05) is 24.3 Å². The van der Waals surface area contributed by atoms with Crippen LogP contribution in [-0.2, 0) is 27.9 Å². The summed E-state index contributed by atoms with van der Waals surface area (Å²) < 4.78 is 38.3. The van der Waals surface area contributed by atoms with Gasteiger partial charge in [-0.2, -0.15) is 0 Å². The van der Waals surface area contributed by atoms with E-state index in [1.165, 1.54) is 19.2 Å². The summed E-state index contributed by atoms with van der Waals surface area (Å²) in [5, 5.41) is 2.82. The number of rotatable bonds is 10.